The molecule has 2 N–H and O–H groups in total. The van der Waals surface area contributed by atoms with E-state index in [9.17, 15) is 9.59 Å². The van der Waals surface area contributed by atoms with Crippen molar-refractivity contribution in [2.24, 2.45) is 0 Å². The van der Waals surface area contributed by atoms with Gasteiger partial charge in [-0.05, 0) is 12.5 Å². The number of hydrogen-bond acceptors (Lipinski definition) is 2. The molecule has 0 aliphatic heterocycles. The standard InChI is InChI=1S/C12H14BrNO3/c1-8(13)11(15)14-10(12(16)17)7-9-5-3-2-4-6-9/h2-6,8,10H,7H2,1H3,(H,14,15)(H,16,17)/t8-,10-/m0/s1. The van der Waals surface area contributed by atoms with Crippen molar-refractivity contribution in [3.63, 3.8) is 0 Å². The van der Waals surface area contributed by atoms with Crippen molar-refractivity contribution in [1.29, 1.82) is 0 Å². The summed E-state index contributed by atoms with van der Waals surface area (Å²) in [4.78, 5) is 22.1. The van der Waals surface area contributed by atoms with Gasteiger partial charge in [-0.2, -0.15) is 0 Å². The molecule has 0 bridgehead atoms. The SMILES string of the molecule is C[C@H](Br)C(=O)N[C@@H](Cc1ccccc1)C(=O)O. The van der Waals surface area contributed by atoms with Crippen LogP contribution in [0.4, 0.5) is 0 Å². The van der Waals surface area contributed by atoms with Crippen LogP contribution in [0.1, 0.15) is 12.5 Å². The summed E-state index contributed by atoms with van der Waals surface area (Å²) in [6.45, 7) is 1.65. The molecule has 1 aromatic carbocycles. The van der Waals surface area contributed by atoms with Gasteiger partial charge in [0.15, 0.2) is 0 Å². The molecular formula is C12H14BrNO3. The maximum absolute atomic E-state index is 11.4. The Bertz CT molecular complexity index is 392. The summed E-state index contributed by atoms with van der Waals surface area (Å²) >= 11 is 3.10. The Morgan fingerprint density at radius 1 is 1.35 bits per heavy atom. The summed E-state index contributed by atoms with van der Waals surface area (Å²) in [5.41, 5.74) is 0.877. The first-order chi connectivity index (χ1) is 8.00. The van der Waals surface area contributed by atoms with Crippen LogP contribution in [0.25, 0.3) is 0 Å². The molecule has 5 heteroatoms. The molecule has 0 aliphatic carbocycles. The van der Waals surface area contributed by atoms with Gasteiger partial charge in [-0.1, -0.05) is 46.3 Å². The summed E-state index contributed by atoms with van der Waals surface area (Å²) in [7, 11) is 0. The van der Waals surface area contributed by atoms with Crippen LogP contribution in [0.15, 0.2) is 30.3 Å². The van der Waals surface area contributed by atoms with Gasteiger partial charge in [0.05, 0.1) is 4.83 Å². The van der Waals surface area contributed by atoms with E-state index in [-0.39, 0.29) is 12.3 Å². The van der Waals surface area contributed by atoms with Crippen LogP contribution in [-0.4, -0.2) is 27.9 Å². The van der Waals surface area contributed by atoms with E-state index in [4.69, 9.17) is 5.11 Å². The lowest BCUT2D eigenvalue weighted by Crippen LogP contribution is -2.44. The molecule has 0 saturated heterocycles. The number of carboxylic acid groups (broad SMARTS) is 1. The lowest BCUT2D eigenvalue weighted by atomic mass is 10.1. The van der Waals surface area contributed by atoms with Gasteiger partial charge >= 0.3 is 5.97 Å². The third-order valence-corrected chi connectivity index (χ3v) is 2.67. The van der Waals surface area contributed by atoms with Gasteiger partial charge in [0.1, 0.15) is 6.04 Å². The lowest BCUT2D eigenvalue weighted by Gasteiger charge is -2.15. The molecule has 0 radical (unpaired) electrons. The Hall–Kier alpha value is -1.36. The minimum Gasteiger partial charge on any atom is -0.480 e. The van der Waals surface area contributed by atoms with Crippen molar-refractivity contribution in [2.45, 2.75) is 24.2 Å². The summed E-state index contributed by atoms with van der Waals surface area (Å²) < 4.78 is 0. The number of benzene rings is 1. The van der Waals surface area contributed by atoms with Crippen molar-refractivity contribution in [1.82, 2.24) is 5.32 Å². The monoisotopic (exact) mass is 299 g/mol. The van der Waals surface area contributed by atoms with Crippen LogP contribution >= 0.6 is 15.9 Å². The average molecular weight is 300 g/mol. The predicted molar refractivity (Wildman–Crippen MR) is 68.1 cm³/mol. The number of carbonyl (C=O) groups excluding carboxylic acids is 1. The van der Waals surface area contributed by atoms with Crippen molar-refractivity contribution >= 4 is 27.8 Å². The van der Waals surface area contributed by atoms with Crippen LogP contribution in [0.3, 0.4) is 0 Å². The van der Waals surface area contributed by atoms with E-state index in [0.29, 0.717) is 0 Å². The first-order valence-corrected chi connectivity index (χ1v) is 6.13. The molecule has 0 aliphatic rings. The Kier molecular flexibility index (Phi) is 5.15. The van der Waals surface area contributed by atoms with Gasteiger partial charge < -0.3 is 10.4 Å². The summed E-state index contributed by atoms with van der Waals surface area (Å²) in [5, 5.41) is 11.5. The molecular weight excluding hydrogens is 286 g/mol. The van der Waals surface area contributed by atoms with Gasteiger partial charge in [0, 0.05) is 6.42 Å². The van der Waals surface area contributed by atoms with Crippen molar-refractivity contribution in [2.75, 3.05) is 0 Å². The molecule has 0 spiro atoms. The van der Waals surface area contributed by atoms with Crippen molar-refractivity contribution in [3.05, 3.63) is 35.9 Å². The second-order valence-electron chi connectivity index (χ2n) is 3.71. The molecule has 1 aromatic rings. The zero-order chi connectivity index (χ0) is 12.8. The quantitative estimate of drug-likeness (QED) is 0.811. The van der Waals surface area contributed by atoms with E-state index in [0.717, 1.165) is 5.56 Å². The second kappa shape index (κ2) is 6.39. The van der Waals surface area contributed by atoms with E-state index in [1.54, 1.807) is 6.92 Å². The summed E-state index contributed by atoms with van der Waals surface area (Å²) in [6, 6.07) is 8.30. The highest BCUT2D eigenvalue weighted by atomic mass is 79.9. The maximum atomic E-state index is 11.4. The molecule has 17 heavy (non-hydrogen) atoms. The Balaban J connectivity index is 2.68. The molecule has 0 aromatic heterocycles. The van der Waals surface area contributed by atoms with E-state index < -0.39 is 16.8 Å². The number of aliphatic carboxylic acids is 1. The zero-order valence-electron chi connectivity index (χ0n) is 9.39. The minimum absolute atomic E-state index is 0.279. The van der Waals surface area contributed by atoms with E-state index >= 15 is 0 Å². The molecule has 0 saturated carbocycles. The van der Waals surface area contributed by atoms with Gasteiger partial charge in [0.25, 0.3) is 0 Å². The fourth-order valence-corrected chi connectivity index (χ4v) is 1.47. The Labute approximate surface area is 108 Å². The number of hydrogen-bond donors (Lipinski definition) is 2. The molecule has 0 fully saturated rings. The van der Waals surface area contributed by atoms with Crippen molar-refractivity contribution in [3.8, 4) is 0 Å². The topological polar surface area (TPSA) is 66.4 Å². The van der Waals surface area contributed by atoms with Crippen LogP contribution in [0, 0.1) is 0 Å². The summed E-state index contributed by atoms with van der Waals surface area (Å²) in [5.74, 6) is -1.36. The minimum atomic E-state index is -1.03. The van der Waals surface area contributed by atoms with E-state index in [1.165, 1.54) is 0 Å². The smallest absolute Gasteiger partial charge is 0.326 e. The largest absolute Gasteiger partial charge is 0.480 e. The molecule has 0 unspecified atom stereocenters. The van der Waals surface area contributed by atoms with Crippen LogP contribution in [0.2, 0.25) is 0 Å². The predicted octanol–water partition coefficient (Wildman–Crippen LogP) is 1.58. The fourth-order valence-electron chi connectivity index (χ4n) is 1.34. The van der Waals surface area contributed by atoms with E-state index in [2.05, 4.69) is 21.2 Å². The third kappa shape index (κ3) is 4.56. The highest BCUT2D eigenvalue weighted by molar-refractivity contribution is 9.10. The Morgan fingerprint density at radius 3 is 2.41 bits per heavy atom. The van der Waals surface area contributed by atoms with Gasteiger partial charge in [-0.15, -0.1) is 0 Å². The second-order valence-corrected chi connectivity index (χ2v) is 5.08. The van der Waals surface area contributed by atoms with Crippen LogP contribution < -0.4 is 5.32 Å². The van der Waals surface area contributed by atoms with E-state index in [1.807, 2.05) is 30.3 Å². The zero-order valence-corrected chi connectivity index (χ0v) is 11.0. The molecule has 1 rings (SSSR count). The fraction of sp³-hybridized carbons (Fsp3) is 0.333. The molecule has 1 amide bonds. The molecule has 4 nitrogen and oxygen atoms in total. The van der Waals surface area contributed by atoms with Crippen LogP contribution in [0.5, 0.6) is 0 Å². The van der Waals surface area contributed by atoms with Crippen LogP contribution in [-0.2, 0) is 16.0 Å². The normalized spacial score (nSPS) is 13.8. The summed E-state index contributed by atoms with van der Waals surface area (Å²) in [6.07, 6.45) is 0.279. The number of rotatable bonds is 5. The van der Waals surface area contributed by atoms with Gasteiger partial charge in [-0.25, -0.2) is 4.79 Å². The highest BCUT2D eigenvalue weighted by Gasteiger charge is 2.21. The third-order valence-electron chi connectivity index (χ3n) is 2.26. The lowest BCUT2D eigenvalue weighted by molar-refractivity contribution is -0.141. The number of carboxylic acids is 1. The molecule has 92 valence electrons. The maximum Gasteiger partial charge on any atom is 0.326 e. The number of alkyl halides is 1. The number of carbonyl (C=O) groups is 2. The molecule has 0 heterocycles. The van der Waals surface area contributed by atoms with Crippen molar-refractivity contribution < 1.29 is 14.7 Å². The molecule has 2 atom stereocenters. The average Bonchev–Trinajstić information content (AvgIpc) is 2.29. The van der Waals surface area contributed by atoms with Gasteiger partial charge in [-0.3, -0.25) is 4.79 Å². The number of amides is 1. The highest BCUT2D eigenvalue weighted by Crippen LogP contribution is 2.05. The first-order valence-electron chi connectivity index (χ1n) is 5.22. The first kappa shape index (κ1) is 13.7. The number of nitrogens with one attached hydrogen (secondary N) is 1. The Morgan fingerprint density at radius 2 is 1.94 bits per heavy atom. The van der Waals surface area contributed by atoms with Gasteiger partial charge in [0.2, 0.25) is 5.91 Å². The number of halogens is 1.